The Labute approximate surface area is 201 Å². The SMILES string of the molecule is C1CNCCCNCCNCCCNC1.CCCCCCCCCCCCCCCCO. The van der Waals surface area contributed by atoms with Gasteiger partial charge in [-0.1, -0.05) is 90.4 Å². The zero-order chi connectivity index (χ0) is 23.2. The first-order chi connectivity index (χ1) is 15.9. The van der Waals surface area contributed by atoms with Crippen molar-refractivity contribution in [1.29, 1.82) is 0 Å². The third-order valence-corrected chi connectivity index (χ3v) is 6.11. The smallest absolute Gasteiger partial charge is 0.0431 e. The van der Waals surface area contributed by atoms with Crippen LogP contribution in [-0.2, 0) is 0 Å². The molecule has 1 saturated heterocycles. The maximum Gasteiger partial charge on any atom is 0.0431 e. The summed E-state index contributed by atoms with van der Waals surface area (Å²) in [5.41, 5.74) is 0. The molecular weight excluding hydrogens is 396 g/mol. The van der Waals surface area contributed by atoms with Crippen LogP contribution < -0.4 is 21.3 Å². The van der Waals surface area contributed by atoms with E-state index in [0.717, 1.165) is 58.8 Å². The molecule has 32 heavy (non-hydrogen) atoms. The Hall–Kier alpha value is -0.200. The van der Waals surface area contributed by atoms with E-state index in [1.165, 1.54) is 103 Å². The summed E-state index contributed by atoms with van der Waals surface area (Å²) in [7, 11) is 0. The molecular formula is C27H60N4O. The lowest BCUT2D eigenvalue weighted by Gasteiger charge is -2.06. The van der Waals surface area contributed by atoms with Crippen LogP contribution >= 0.6 is 0 Å². The van der Waals surface area contributed by atoms with Crippen molar-refractivity contribution in [3.05, 3.63) is 0 Å². The van der Waals surface area contributed by atoms with Gasteiger partial charge in [-0.3, -0.25) is 0 Å². The van der Waals surface area contributed by atoms with Gasteiger partial charge in [-0.05, 0) is 65.0 Å². The van der Waals surface area contributed by atoms with E-state index < -0.39 is 0 Å². The molecule has 0 aromatic carbocycles. The molecule has 0 radical (unpaired) electrons. The lowest BCUT2D eigenvalue weighted by molar-refractivity contribution is 0.282. The number of aliphatic hydroxyl groups is 1. The molecule has 5 nitrogen and oxygen atoms in total. The van der Waals surface area contributed by atoms with Gasteiger partial charge in [-0.2, -0.15) is 0 Å². The van der Waals surface area contributed by atoms with Crippen LogP contribution in [0.15, 0.2) is 0 Å². The average Bonchev–Trinajstić information content (AvgIpc) is 2.82. The van der Waals surface area contributed by atoms with Crippen molar-refractivity contribution >= 4 is 0 Å². The molecule has 1 aliphatic heterocycles. The monoisotopic (exact) mass is 456 g/mol. The predicted molar refractivity (Wildman–Crippen MR) is 143 cm³/mol. The third kappa shape index (κ3) is 29.8. The molecule has 0 aromatic heterocycles. The Balaban J connectivity index is 0.000000604. The lowest BCUT2D eigenvalue weighted by Crippen LogP contribution is -2.30. The Morgan fingerprint density at radius 1 is 0.406 bits per heavy atom. The molecule has 1 aliphatic rings. The maximum absolute atomic E-state index is 8.64. The molecule has 0 bridgehead atoms. The molecule has 0 unspecified atom stereocenters. The van der Waals surface area contributed by atoms with E-state index in [4.69, 9.17) is 5.11 Å². The lowest BCUT2D eigenvalue weighted by atomic mass is 10.0. The van der Waals surface area contributed by atoms with Crippen LogP contribution in [0.1, 0.15) is 116 Å². The summed E-state index contributed by atoms with van der Waals surface area (Å²) >= 11 is 0. The minimum atomic E-state index is 0.373. The summed E-state index contributed by atoms with van der Waals surface area (Å²) in [6.07, 6.45) is 22.9. The first kappa shape index (κ1) is 31.8. The summed E-state index contributed by atoms with van der Waals surface area (Å²) in [5, 5.41) is 22.4. The quantitative estimate of drug-likeness (QED) is 0.238. The summed E-state index contributed by atoms with van der Waals surface area (Å²) < 4.78 is 0. The molecule has 0 amide bonds. The van der Waals surface area contributed by atoms with E-state index >= 15 is 0 Å². The van der Waals surface area contributed by atoms with Gasteiger partial charge in [-0.25, -0.2) is 0 Å². The van der Waals surface area contributed by atoms with Crippen molar-refractivity contribution in [2.75, 3.05) is 59.0 Å². The summed E-state index contributed by atoms with van der Waals surface area (Å²) in [6, 6.07) is 0. The highest BCUT2D eigenvalue weighted by molar-refractivity contribution is 4.58. The number of unbranched alkanes of at least 4 members (excludes halogenated alkanes) is 13. The van der Waals surface area contributed by atoms with Crippen molar-refractivity contribution < 1.29 is 5.11 Å². The molecule has 1 fully saturated rings. The fraction of sp³-hybridized carbons (Fsp3) is 1.00. The molecule has 0 aromatic rings. The van der Waals surface area contributed by atoms with Crippen LogP contribution in [0.3, 0.4) is 0 Å². The van der Waals surface area contributed by atoms with E-state index in [0.29, 0.717) is 6.61 Å². The number of hydrogen-bond donors (Lipinski definition) is 5. The molecule has 194 valence electrons. The van der Waals surface area contributed by atoms with E-state index in [1.54, 1.807) is 0 Å². The number of aliphatic hydroxyl groups excluding tert-OH is 1. The second-order valence-corrected chi connectivity index (χ2v) is 9.38. The van der Waals surface area contributed by atoms with Gasteiger partial charge in [0.15, 0.2) is 0 Å². The van der Waals surface area contributed by atoms with Gasteiger partial charge in [-0.15, -0.1) is 0 Å². The van der Waals surface area contributed by atoms with E-state index in [9.17, 15) is 0 Å². The van der Waals surface area contributed by atoms with E-state index in [1.807, 2.05) is 0 Å². The van der Waals surface area contributed by atoms with Crippen molar-refractivity contribution in [1.82, 2.24) is 21.3 Å². The predicted octanol–water partition coefficient (Wildman–Crippen LogP) is 4.99. The minimum Gasteiger partial charge on any atom is -0.396 e. The minimum absolute atomic E-state index is 0.373. The van der Waals surface area contributed by atoms with Crippen LogP contribution in [0.4, 0.5) is 0 Å². The van der Waals surface area contributed by atoms with Crippen molar-refractivity contribution in [3.8, 4) is 0 Å². The fourth-order valence-corrected chi connectivity index (χ4v) is 4.00. The Morgan fingerprint density at radius 2 is 0.688 bits per heavy atom. The number of rotatable bonds is 14. The van der Waals surface area contributed by atoms with Crippen LogP contribution in [0, 0.1) is 0 Å². The largest absolute Gasteiger partial charge is 0.396 e. The highest BCUT2D eigenvalue weighted by Gasteiger charge is 1.94. The van der Waals surface area contributed by atoms with Gasteiger partial charge in [0, 0.05) is 19.7 Å². The van der Waals surface area contributed by atoms with Gasteiger partial charge in [0.1, 0.15) is 0 Å². The molecule has 0 saturated carbocycles. The number of nitrogens with one attached hydrogen (secondary N) is 4. The first-order valence-electron chi connectivity index (χ1n) is 14.4. The summed E-state index contributed by atoms with van der Waals surface area (Å²) in [5.74, 6) is 0. The van der Waals surface area contributed by atoms with Crippen LogP contribution in [0.25, 0.3) is 0 Å². The summed E-state index contributed by atoms with van der Waals surface area (Å²) in [6.45, 7) is 11.7. The van der Waals surface area contributed by atoms with Gasteiger partial charge in [0.2, 0.25) is 0 Å². The second-order valence-electron chi connectivity index (χ2n) is 9.38. The molecule has 0 spiro atoms. The average molecular weight is 457 g/mol. The second kappa shape index (κ2) is 30.8. The first-order valence-corrected chi connectivity index (χ1v) is 14.4. The number of hydrogen-bond acceptors (Lipinski definition) is 5. The van der Waals surface area contributed by atoms with Crippen LogP contribution in [-0.4, -0.2) is 64.1 Å². The van der Waals surface area contributed by atoms with Gasteiger partial charge < -0.3 is 26.4 Å². The van der Waals surface area contributed by atoms with Crippen LogP contribution in [0.5, 0.6) is 0 Å². The van der Waals surface area contributed by atoms with Crippen LogP contribution in [0.2, 0.25) is 0 Å². The highest BCUT2D eigenvalue weighted by Crippen LogP contribution is 2.12. The fourth-order valence-electron chi connectivity index (χ4n) is 4.00. The molecule has 5 heteroatoms. The normalized spacial score (nSPS) is 17.1. The third-order valence-electron chi connectivity index (χ3n) is 6.11. The molecule has 1 heterocycles. The molecule has 0 atom stereocenters. The zero-order valence-electron chi connectivity index (χ0n) is 21.8. The topological polar surface area (TPSA) is 68.3 Å². The molecule has 1 rings (SSSR count). The van der Waals surface area contributed by atoms with Gasteiger partial charge >= 0.3 is 0 Å². The van der Waals surface area contributed by atoms with Crippen molar-refractivity contribution in [2.24, 2.45) is 0 Å². The Bertz CT molecular complexity index is 245. The highest BCUT2D eigenvalue weighted by atomic mass is 16.2. The standard InChI is InChI=1S/C16H34O.C11H26N4/c1-2-3-4-5-6-7-8-9-10-11-12-13-14-15-16-17;1-4-12-6-2-8-14-10-11-15-9-3-7-13-5-1/h17H,2-16H2,1H3;12-15H,1-11H2. The zero-order valence-corrected chi connectivity index (χ0v) is 21.8. The van der Waals surface area contributed by atoms with Crippen molar-refractivity contribution in [2.45, 2.75) is 116 Å². The van der Waals surface area contributed by atoms with E-state index in [2.05, 4.69) is 28.2 Å². The van der Waals surface area contributed by atoms with Gasteiger partial charge in [0.25, 0.3) is 0 Å². The van der Waals surface area contributed by atoms with E-state index in [-0.39, 0.29) is 0 Å². The molecule has 0 aliphatic carbocycles. The maximum atomic E-state index is 8.64. The van der Waals surface area contributed by atoms with Crippen molar-refractivity contribution in [3.63, 3.8) is 0 Å². The van der Waals surface area contributed by atoms with Gasteiger partial charge in [0.05, 0.1) is 0 Å². The molecule has 5 N–H and O–H groups in total. The summed E-state index contributed by atoms with van der Waals surface area (Å²) in [4.78, 5) is 0. The Kier molecular flexibility index (Phi) is 30.6. The Morgan fingerprint density at radius 3 is 1.00 bits per heavy atom.